The molecule has 1 amide bonds. The molecule has 2 rings (SSSR count). The van der Waals surface area contributed by atoms with Crippen LogP contribution in [-0.2, 0) is 14.4 Å². The molecule has 0 saturated heterocycles. The highest BCUT2D eigenvalue weighted by molar-refractivity contribution is 6.04. The summed E-state index contributed by atoms with van der Waals surface area (Å²) in [6.45, 7) is 7.28. The number of nitrogens with two attached hydrogens (primary N) is 1. The van der Waals surface area contributed by atoms with Crippen molar-refractivity contribution in [3.8, 4) is 0 Å². The number of carbonyl (C=O) groups excluding carboxylic acids is 3. The first kappa shape index (κ1) is 23.8. The Hall–Kier alpha value is -3.47. The summed E-state index contributed by atoms with van der Waals surface area (Å²) in [5.74, 6) is -0.321. The molecule has 0 aliphatic rings. The van der Waals surface area contributed by atoms with Gasteiger partial charge in [-0.3, -0.25) is 9.59 Å². The van der Waals surface area contributed by atoms with Crippen molar-refractivity contribution in [1.82, 2.24) is 0 Å². The molecular weight excluding hydrogens is 388 g/mol. The van der Waals surface area contributed by atoms with Gasteiger partial charge in [0.25, 0.3) is 0 Å². The first-order valence-electron chi connectivity index (χ1n) is 10.1. The lowest BCUT2D eigenvalue weighted by atomic mass is 9.75. The average Bonchev–Trinajstić information content (AvgIpc) is 2.70. The standard InChI is InChI=1S/C26H30N2O3/c1-25(2,18-29)17-26(3,4)24(31)28-22-10-6-8-20(16-22)12-14-23(30)13-11-19-7-5-9-21(27)15-19/h5-16,18H,17,27H2,1-4H3,(H,28,31)/b13-11+,14-12+. The molecule has 5 nitrogen and oxygen atoms in total. The van der Waals surface area contributed by atoms with Crippen LogP contribution < -0.4 is 11.1 Å². The Morgan fingerprint density at radius 2 is 1.52 bits per heavy atom. The summed E-state index contributed by atoms with van der Waals surface area (Å²) in [6, 6.07) is 14.5. The van der Waals surface area contributed by atoms with Gasteiger partial charge in [0.05, 0.1) is 0 Å². The Balaban J connectivity index is 2.03. The minimum Gasteiger partial charge on any atom is -0.399 e. The number of carbonyl (C=O) groups is 3. The Kier molecular flexibility index (Phi) is 7.70. The number of hydrogen-bond donors (Lipinski definition) is 2. The van der Waals surface area contributed by atoms with Gasteiger partial charge in [0.1, 0.15) is 6.29 Å². The van der Waals surface area contributed by atoms with Crippen LogP contribution in [0.25, 0.3) is 12.2 Å². The van der Waals surface area contributed by atoms with Crippen LogP contribution in [0.15, 0.2) is 60.7 Å². The number of aldehydes is 1. The van der Waals surface area contributed by atoms with E-state index in [2.05, 4.69) is 5.32 Å². The van der Waals surface area contributed by atoms with E-state index in [0.717, 1.165) is 17.4 Å². The quantitative estimate of drug-likeness (QED) is 0.335. The van der Waals surface area contributed by atoms with Crippen LogP contribution in [-0.4, -0.2) is 18.0 Å². The number of nitrogen functional groups attached to an aromatic ring is 1. The maximum Gasteiger partial charge on any atom is 0.230 e. The molecule has 2 aromatic carbocycles. The molecule has 5 heteroatoms. The number of rotatable bonds is 9. The third kappa shape index (κ3) is 7.70. The fraction of sp³-hybridized carbons (Fsp3) is 0.269. The molecule has 0 unspecified atom stereocenters. The van der Waals surface area contributed by atoms with Gasteiger partial charge < -0.3 is 15.8 Å². The van der Waals surface area contributed by atoms with Crippen LogP contribution in [0.5, 0.6) is 0 Å². The number of anilines is 2. The van der Waals surface area contributed by atoms with Crippen molar-refractivity contribution in [3.05, 3.63) is 71.8 Å². The van der Waals surface area contributed by atoms with Crippen LogP contribution in [0.1, 0.15) is 45.2 Å². The van der Waals surface area contributed by atoms with Gasteiger partial charge in [-0.2, -0.15) is 0 Å². The highest BCUT2D eigenvalue weighted by Crippen LogP contribution is 2.33. The molecule has 0 bridgehead atoms. The van der Waals surface area contributed by atoms with Gasteiger partial charge in [-0.05, 0) is 54.0 Å². The third-order valence-corrected chi connectivity index (χ3v) is 4.77. The van der Waals surface area contributed by atoms with E-state index < -0.39 is 10.8 Å². The summed E-state index contributed by atoms with van der Waals surface area (Å²) in [5.41, 5.74) is 7.36. The minimum absolute atomic E-state index is 0.158. The number of benzene rings is 2. The lowest BCUT2D eigenvalue weighted by Gasteiger charge is -2.30. The van der Waals surface area contributed by atoms with Crippen LogP contribution in [0.2, 0.25) is 0 Å². The summed E-state index contributed by atoms with van der Waals surface area (Å²) >= 11 is 0. The number of allylic oxidation sites excluding steroid dienone is 2. The fourth-order valence-electron chi connectivity index (χ4n) is 3.36. The van der Waals surface area contributed by atoms with Crippen molar-refractivity contribution in [1.29, 1.82) is 0 Å². The second kappa shape index (κ2) is 10.0. The number of ketones is 1. The van der Waals surface area contributed by atoms with Gasteiger partial charge >= 0.3 is 0 Å². The zero-order valence-corrected chi connectivity index (χ0v) is 18.5. The normalized spacial score (nSPS) is 12.3. The molecule has 3 N–H and O–H groups in total. The van der Waals surface area contributed by atoms with Crippen LogP contribution in [0.3, 0.4) is 0 Å². The van der Waals surface area contributed by atoms with Crippen LogP contribution >= 0.6 is 0 Å². The molecule has 0 saturated carbocycles. The summed E-state index contributed by atoms with van der Waals surface area (Å²) in [4.78, 5) is 36.1. The van der Waals surface area contributed by atoms with E-state index in [1.807, 2.05) is 52.0 Å². The van der Waals surface area contributed by atoms with Gasteiger partial charge in [0.2, 0.25) is 5.91 Å². The first-order valence-corrected chi connectivity index (χ1v) is 10.1. The number of hydrogen-bond acceptors (Lipinski definition) is 4. The van der Waals surface area contributed by atoms with Crippen molar-refractivity contribution in [3.63, 3.8) is 0 Å². The zero-order valence-electron chi connectivity index (χ0n) is 18.5. The lowest BCUT2D eigenvalue weighted by molar-refractivity contribution is -0.127. The van der Waals surface area contributed by atoms with E-state index in [-0.39, 0.29) is 11.7 Å². The van der Waals surface area contributed by atoms with E-state index in [9.17, 15) is 14.4 Å². The fourth-order valence-corrected chi connectivity index (χ4v) is 3.36. The third-order valence-electron chi connectivity index (χ3n) is 4.77. The Morgan fingerprint density at radius 1 is 0.935 bits per heavy atom. The van der Waals surface area contributed by atoms with Crippen LogP contribution in [0, 0.1) is 10.8 Å². The second-order valence-electron chi connectivity index (χ2n) is 8.99. The van der Waals surface area contributed by atoms with Crippen molar-refractivity contribution < 1.29 is 14.4 Å². The molecule has 0 radical (unpaired) electrons. The SMILES string of the molecule is CC(C)(C=O)CC(C)(C)C(=O)Nc1cccc(/C=C/C(=O)/C=C/c2cccc(N)c2)c1. The van der Waals surface area contributed by atoms with Crippen molar-refractivity contribution in [2.45, 2.75) is 34.1 Å². The second-order valence-corrected chi connectivity index (χ2v) is 8.99. The van der Waals surface area contributed by atoms with Crippen molar-refractivity contribution in [2.75, 3.05) is 11.1 Å². The molecule has 2 aromatic rings. The predicted molar refractivity (Wildman–Crippen MR) is 127 cm³/mol. The average molecular weight is 419 g/mol. The van der Waals surface area contributed by atoms with Gasteiger partial charge in [0.15, 0.2) is 5.78 Å². The van der Waals surface area contributed by atoms with E-state index in [1.54, 1.807) is 36.4 Å². The zero-order chi connectivity index (χ0) is 23.1. The summed E-state index contributed by atoms with van der Waals surface area (Å²) < 4.78 is 0. The van der Waals surface area contributed by atoms with Gasteiger partial charge in [-0.25, -0.2) is 0 Å². The summed E-state index contributed by atoms with van der Waals surface area (Å²) in [6.07, 6.45) is 7.67. The molecule has 0 aliphatic carbocycles. The molecule has 0 fully saturated rings. The summed E-state index contributed by atoms with van der Waals surface area (Å²) in [7, 11) is 0. The Labute approximate surface area is 184 Å². The molecule has 0 atom stereocenters. The highest BCUT2D eigenvalue weighted by atomic mass is 16.2. The molecule has 0 aromatic heterocycles. The van der Waals surface area contributed by atoms with E-state index in [4.69, 9.17) is 5.73 Å². The smallest absolute Gasteiger partial charge is 0.230 e. The molecule has 162 valence electrons. The van der Waals surface area contributed by atoms with Gasteiger partial charge in [-0.15, -0.1) is 0 Å². The maximum atomic E-state index is 12.7. The monoisotopic (exact) mass is 418 g/mol. The van der Waals surface area contributed by atoms with Crippen LogP contribution in [0.4, 0.5) is 11.4 Å². The Bertz CT molecular complexity index is 1020. The lowest BCUT2D eigenvalue weighted by Crippen LogP contribution is -2.35. The number of nitrogens with one attached hydrogen (secondary N) is 1. The van der Waals surface area contributed by atoms with Gasteiger partial charge in [0, 0.05) is 22.2 Å². The predicted octanol–water partition coefficient (Wildman–Crippen LogP) is 5.14. The highest BCUT2D eigenvalue weighted by Gasteiger charge is 2.34. The Morgan fingerprint density at radius 3 is 2.10 bits per heavy atom. The molecule has 0 heterocycles. The first-order chi connectivity index (χ1) is 14.5. The van der Waals surface area contributed by atoms with E-state index in [1.165, 1.54) is 12.2 Å². The van der Waals surface area contributed by atoms with E-state index >= 15 is 0 Å². The minimum atomic E-state index is -0.710. The molecule has 0 aliphatic heterocycles. The largest absolute Gasteiger partial charge is 0.399 e. The van der Waals surface area contributed by atoms with Crippen molar-refractivity contribution in [2.24, 2.45) is 10.8 Å². The van der Waals surface area contributed by atoms with Crippen molar-refractivity contribution >= 4 is 41.5 Å². The topological polar surface area (TPSA) is 89.3 Å². The van der Waals surface area contributed by atoms with Gasteiger partial charge in [-0.1, -0.05) is 64.1 Å². The molecular formula is C26H30N2O3. The molecule has 0 spiro atoms. The molecule has 31 heavy (non-hydrogen) atoms. The summed E-state index contributed by atoms with van der Waals surface area (Å²) in [5, 5.41) is 2.91. The van der Waals surface area contributed by atoms with E-state index in [0.29, 0.717) is 17.8 Å². The number of amides is 1. The maximum absolute atomic E-state index is 12.7.